The molecule has 0 amide bonds. The molecule has 0 radical (unpaired) electrons. The maximum Gasteiger partial charge on any atom is 0.181 e. The van der Waals surface area contributed by atoms with Crippen LogP contribution < -0.4 is 15.5 Å². The summed E-state index contributed by atoms with van der Waals surface area (Å²) in [6.45, 7) is 3.40. The molecule has 3 heterocycles. The van der Waals surface area contributed by atoms with E-state index in [1.807, 2.05) is 30.5 Å². The van der Waals surface area contributed by atoms with Gasteiger partial charge in [0.05, 0.1) is 0 Å². The highest BCUT2D eigenvalue weighted by molar-refractivity contribution is 6.30. The highest BCUT2D eigenvalue weighted by Crippen LogP contribution is 2.27. The molecule has 4 rings (SSSR count). The molecular weight excluding hydrogens is 338 g/mol. The maximum atomic E-state index is 6.31. The third-order valence-corrected chi connectivity index (χ3v) is 4.55. The minimum absolute atomic E-state index is 0.544. The summed E-state index contributed by atoms with van der Waals surface area (Å²) in [5.41, 5.74) is 8.00. The van der Waals surface area contributed by atoms with Crippen molar-refractivity contribution in [2.24, 2.45) is 0 Å². The molecule has 0 saturated carbocycles. The number of piperazine rings is 1. The molecule has 128 valence electrons. The Morgan fingerprint density at radius 1 is 0.960 bits per heavy atom. The Morgan fingerprint density at radius 3 is 2.44 bits per heavy atom. The maximum absolute atomic E-state index is 6.31. The second-order valence-corrected chi connectivity index (χ2v) is 6.28. The fourth-order valence-corrected chi connectivity index (χ4v) is 3.24. The zero-order valence-electron chi connectivity index (χ0n) is 13.6. The van der Waals surface area contributed by atoms with Crippen LogP contribution in [0.3, 0.4) is 0 Å². The number of halogens is 1. The van der Waals surface area contributed by atoms with E-state index in [-0.39, 0.29) is 0 Å². The fourth-order valence-electron chi connectivity index (χ4n) is 3.06. The monoisotopic (exact) mass is 355 g/mol. The smallest absolute Gasteiger partial charge is 0.181 e. The van der Waals surface area contributed by atoms with Crippen LogP contribution in [0.1, 0.15) is 0 Å². The average molecular weight is 356 g/mol. The van der Waals surface area contributed by atoms with E-state index in [2.05, 4.69) is 30.9 Å². The zero-order valence-corrected chi connectivity index (χ0v) is 14.3. The number of nitrogen functional groups attached to an aromatic ring is 1. The van der Waals surface area contributed by atoms with Gasteiger partial charge in [-0.05, 0) is 24.3 Å². The minimum atomic E-state index is 0.544. The summed E-state index contributed by atoms with van der Waals surface area (Å²) in [7, 11) is 0. The molecule has 2 aromatic heterocycles. The molecule has 0 spiro atoms. The van der Waals surface area contributed by atoms with Crippen LogP contribution in [0, 0.1) is 0 Å². The van der Waals surface area contributed by atoms with Gasteiger partial charge in [-0.15, -0.1) is 0 Å². The SMILES string of the molecule is Nc1c(N2CCN(c3cccc(Cl)c3)CC2)ncnc1-n1cccn1. The number of hydrogen-bond acceptors (Lipinski definition) is 6. The van der Waals surface area contributed by atoms with E-state index in [1.165, 1.54) is 6.33 Å². The Hall–Kier alpha value is -2.80. The van der Waals surface area contributed by atoms with Crippen molar-refractivity contribution < 1.29 is 0 Å². The van der Waals surface area contributed by atoms with Crippen LogP contribution in [0.25, 0.3) is 5.82 Å². The Kier molecular flexibility index (Phi) is 4.15. The Balaban J connectivity index is 1.52. The summed E-state index contributed by atoms with van der Waals surface area (Å²) in [5, 5.41) is 4.95. The first kappa shape index (κ1) is 15.7. The summed E-state index contributed by atoms with van der Waals surface area (Å²) >= 11 is 6.10. The van der Waals surface area contributed by atoms with Crippen LogP contribution in [-0.2, 0) is 0 Å². The lowest BCUT2D eigenvalue weighted by Crippen LogP contribution is -2.47. The second-order valence-electron chi connectivity index (χ2n) is 5.84. The van der Waals surface area contributed by atoms with E-state index in [9.17, 15) is 0 Å². The molecule has 2 N–H and O–H groups in total. The topological polar surface area (TPSA) is 76.1 Å². The quantitative estimate of drug-likeness (QED) is 0.776. The van der Waals surface area contributed by atoms with Crippen molar-refractivity contribution >= 4 is 28.8 Å². The van der Waals surface area contributed by atoms with Crippen LogP contribution in [0.15, 0.2) is 49.1 Å². The van der Waals surface area contributed by atoms with Crippen molar-refractivity contribution in [2.45, 2.75) is 0 Å². The normalized spacial score (nSPS) is 14.8. The molecule has 1 aliphatic rings. The van der Waals surface area contributed by atoms with Crippen molar-refractivity contribution in [1.29, 1.82) is 0 Å². The summed E-state index contributed by atoms with van der Waals surface area (Å²) in [4.78, 5) is 13.2. The third kappa shape index (κ3) is 3.10. The van der Waals surface area contributed by atoms with Crippen molar-refractivity contribution in [3.8, 4) is 5.82 Å². The number of rotatable bonds is 3. The minimum Gasteiger partial charge on any atom is -0.393 e. The van der Waals surface area contributed by atoms with Crippen molar-refractivity contribution in [3.63, 3.8) is 0 Å². The van der Waals surface area contributed by atoms with E-state index in [1.54, 1.807) is 10.9 Å². The summed E-state index contributed by atoms with van der Waals surface area (Å²) in [6, 6.07) is 9.77. The number of nitrogens with zero attached hydrogens (tertiary/aromatic N) is 6. The lowest BCUT2D eigenvalue weighted by atomic mass is 10.2. The largest absolute Gasteiger partial charge is 0.393 e. The van der Waals surface area contributed by atoms with Gasteiger partial charge in [-0.2, -0.15) is 5.10 Å². The van der Waals surface area contributed by atoms with Crippen molar-refractivity contribution in [3.05, 3.63) is 54.1 Å². The van der Waals surface area contributed by atoms with Gasteiger partial charge in [0.2, 0.25) is 0 Å². The summed E-state index contributed by atoms with van der Waals surface area (Å²) in [5.74, 6) is 1.36. The molecule has 7 nitrogen and oxygen atoms in total. The number of aromatic nitrogens is 4. The lowest BCUT2D eigenvalue weighted by molar-refractivity contribution is 0.647. The van der Waals surface area contributed by atoms with Gasteiger partial charge < -0.3 is 15.5 Å². The Bertz CT molecular complexity index is 857. The van der Waals surface area contributed by atoms with Crippen LogP contribution >= 0.6 is 11.6 Å². The Labute approximate surface area is 150 Å². The number of nitrogens with two attached hydrogens (primary N) is 1. The second kappa shape index (κ2) is 6.60. The van der Waals surface area contributed by atoms with Gasteiger partial charge in [0.15, 0.2) is 11.6 Å². The first-order valence-corrected chi connectivity index (χ1v) is 8.46. The van der Waals surface area contributed by atoms with E-state index in [0.29, 0.717) is 11.5 Å². The van der Waals surface area contributed by atoms with Crippen LogP contribution in [0.4, 0.5) is 17.2 Å². The van der Waals surface area contributed by atoms with E-state index >= 15 is 0 Å². The molecule has 0 unspecified atom stereocenters. The molecule has 3 aromatic rings. The van der Waals surface area contributed by atoms with Gasteiger partial charge in [0, 0.05) is 49.3 Å². The van der Waals surface area contributed by atoms with Crippen molar-refractivity contribution in [1.82, 2.24) is 19.7 Å². The van der Waals surface area contributed by atoms with Crippen LogP contribution in [0.5, 0.6) is 0 Å². The molecule has 25 heavy (non-hydrogen) atoms. The number of benzene rings is 1. The molecule has 0 aliphatic carbocycles. The van der Waals surface area contributed by atoms with Gasteiger partial charge in [0.25, 0.3) is 0 Å². The highest BCUT2D eigenvalue weighted by Gasteiger charge is 2.22. The van der Waals surface area contributed by atoms with E-state index in [0.717, 1.165) is 42.7 Å². The number of hydrogen-bond donors (Lipinski definition) is 1. The van der Waals surface area contributed by atoms with Gasteiger partial charge >= 0.3 is 0 Å². The standard InChI is InChI=1S/C17H18ClN7/c18-13-3-1-4-14(11-13)23-7-9-24(10-8-23)16-15(19)17(21-12-20-16)25-6-2-5-22-25/h1-6,11-12H,7-10,19H2. The summed E-state index contributed by atoms with van der Waals surface area (Å²) < 4.78 is 1.66. The zero-order chi connectivity index (χ0) is 17.2. The molecule has 0 bridgehead atoms. The highest BCUT2D eigenvalue weighted by atomic mass is 35.5. The fraction of sp³-hybridized carbons (Fsp3) is 0.235. The predicted molar refractivity (Wildman–Crippen MR) is 99.4 cm³/mol. The predicted octanol–water partition coefficient (Wildman–Crippen LogP) is 2.22. The molecule has 1 aromatic carbocycles. The van der Waals surface area contributed by atoms with Gasteiger partial charge in [-0.25, -0.2) is 14.6 Å². The first-order chi connectivity index (χ1) is 12.2. The molecule has 1 fully saturated rings. The van der Waals surface area contributed by atoms with E-state index < -0.39 is 0 Å². The third-order valence-electron chi connectivity index (χ3n) is 4.32. The van der Waals surface area contributed by atoms with Crippen LogP contribution in [0.2, 0.25) is 5.02 Å². The lowest BCUT2D eigenvalue weighted by Gasteiger charge is -2.37. The van der Waals surface area contributed by atoms with Gasteiger partial charge in [-0.3, -0.25) is 0 Å². The molecule has 1 aliphatic heterocycles. The van der Waals surface area contributed by atoms with Gasteiger partial charge in [-0.1, -0.05) is 17.7 Å². The average Bonchev–Trinajstić information content (AvgIpc) is 3.17. The molecular formula is C17H18ClN7. The first-order valence-electron chi connectivity index (χ1n) is 8.08. The van der Waals surface area contributed by atoms with Gasteiger partial charge in [0.1, 0.15) is 12.0 Å². The number of anilines is 3. The summed E-state index contributed by atoms with van der Waals surface area (Å²) in [6.07, 6.45) is 5.05. The molecule has 0 atom stereocenters. The van der Waals surface area contributed by atoms with Crippen molar-refractivity contribution in [2.75, 3.05) is 41.7 Å². The van der Waals surface area contributed by atoms with E-state index in [4.69, 9.17) is 17.3 Å². The molecule has 1 saturated heterocycles. The molecule has 8 heteroatoms. The Morgan fingerprint density at radius 2 is 1.72 bits per heavy atom. The van der Waals surface area contributed by atoms with Crippen LogP contribution in [-0.4, -0.2) is 45.9 Å².